The second kappa shape index (κ2) is 4.13. The second-order valence-electron chi connectivity index (χ2n) is 2.75. The molecule has 13 heavy (non-hydrogen) atoms. The van der Waals surface area contributed by atoms with Crippen molar-refractivity contribution in [2.45, 2.75) is 13.3 Å². The summed E-state index contributed by atoms with van der Waals surface area (Å²) >= 11 is 1.43. The molecule has 0 aromatic carbocycles. The zero-order chi connectivity index (χ0) is 9.84. The van der Waals surface area contributed by atoms with Crippen molar-refractivity contribution < 1.29 is 14.7 Å². The highest BCUT2D eigenvalue weighted by Gasteiger charge is 2.20. The van der Waals surface area contributed by atoms with Crippen molar-refractivity contribution >= 4 is 23.1 Å². The summed E-state index contributed by atoms with van der Waals surface area (Å²) in [5, 5.41) is 10.2. The van der Waals surface area contributed by atoms with Gasteiger partial charge < -0.3 is 5.11 Å². The lowest BCUT2D eigenvalue weighted by molar-refractivity contribution is -0.150. The van der Waals surface area contributed by atoms with Crippen LogP contribution in [0.5, 0.6) is 0 Å². The Morgan fingerprint density at radius 3 is 2.85 bits per heavy atom. The third-order valence-electron chi connectivity index (χ3n) is 1.66. The first-order valence-corrected chi connectivity index (χ1v) is 4.69. The molecule has 0 fully saturated rings. The van der Waals surface area contributed by atoms with Crippen LogP contribution < -0.4 is 0 Å². The standard InChI is InChI=1S/C8H9NO3S/c1-5(7(10)8(11)12)2-6-3-13-4-9-6/h3-5H,2H2,1H3,(H,11,12). The maximum Gasteiger partial charge on any atom is 0.372 e. The fraction of sp³-hybridized carbons (Fsp3) is 0.375. The molecule has 0 amide bonds. The molecule has 0 aliphatic heterocycles. The summed E-state index contributed by atoms with van der Waals surface area (Å²) in [6.07, 6.45) is 0.397. The van der Waals surface area contributed by atoms with Gasteiger partial charge in [0.1, 0.15) is 0 Å². The van der Waals surface area contributed by atoms with Crippen LogP contribution in [0.15, 0.2) is 10.9 Å². The zero-order valence-corrected chi connectivity index (χ0v) is 7.87. The van der Waals surface area contributed by atoms with Gasteiger partial charge in [0.25, 0.3) is 0 Å². The lowest BCUT2D eigenvalue weighted by Crippen LogP contribution is -2.22. The quantitative estimate of drug-likeness (QED) is 0.734. The summed E-state index contributed by atoms with van der Waals surface area (Å²) in [5.74, 6) is -2.63. The molecule has 0 saturated heterocycles. The molecule has 5 heteroatoms. The molecule has 0 bridgehead atoms. The number of rotatable bonds is 4. The Morgan fingerprint density at radius 1 is 1.69 bits per heavy atom. The molecular weight excluding hydrogens is 190 g/mol. The van der Waals surface area contributed by atoms with Gasteiger partial charge in [0, 0.05) is 17.7 Å². The monoisotopic (exact) mass is 199 g/mol. The van der Waals surface area contributed by atoms with E-state index in [9.17, 15) is 9.59 Å². The van der Waals surface area contributed by atoms with E-state index in [1.807, 2.05) is 5.38 Å². The summed E-state index contributed by atoms with van der Waals surface area (Å²) in [6, 6.07) is 0. The number of carbonyl (C=O) groups is 2. The van der Waals surface area contributed by atoms with Crippen LogP contribution in [0, 0.1) is 5.92 Å². The first-order chi connectivity index (χ1) is 6.11. The summed E-state index contributed by atoms with van der Waals surface area (Å²) in [5.41, 5.74) is 2.43. The number of hydrogen-bond acceptors (Lipinski definition) is 4. The van der Waals surface area contributed by atoms with Crippen molar-refractivity contribution in [2.24, 2.45) is 5.92 Å². The van der Waals surface area contributed by atoms with E-state index in [1.165, 1.54) is 11.3 Å². The van der Waals surface area contributed by atoms with Gasteiger partial charge in [0.2, 0.25) is 5.78 Å². The molecular formula is C8H9NO3S. The SMILES string of the molecule is CC(Cc1cscn1)C(=O)C(=O)O. The Bertz CT molecular complexity index is 307. The molecule has 1 unspecified atom stereocenters. The molecule has 1 atom stereocenters. The van der Waals surface area contributed by atoms with Crippen molar-refractivity contribution in [3.05, 3.63) is 16.6 Å². The number of nitrogens with zero attached hydrogens (tertiary/aromatic N) is 1. The van der Waals surface area contributed by atoms with Crippen LogP contribution in [0.4, 0.5) is 0 Å². The van der Waals surface area contributed by atoms with Crippen molar-refractivity contribution in [3.8, 4) is 0 Å². The summed E-state index contributed by atoms with van der Waals surface area (Å²) in [4.78, 5) is 25.2. The van der Waals surface area contributed by atoms with Crippen LogP contribution in [0.25, 0.3) is 0 Å². The van der Waals surface area contributed by atoms with E-state index in [1.54, 1.807) is 12.4 Å². The first kappa shape index (κ1) is 9.85. The number of Topliss-reactive ketones (excluding diaryl/α,β-unsaturated/α-hetero) is 1. The van der Waals surface area contributed by atoms with Crippen LogP contribution in [0.1, 0.15) is 12.6 Å². The molecule has 1 aromatic heterocycles. The Labute approximate surface area is 79.2 Å². The van der Waals surface area contributed by atoms with E-state index in [4.69, 9.17) is 5.11 Å². The van der Waals surface area contributed by atoms with Crippen LogP contribution in [0.2, 0.25) is 0 Å². The van der Waals surface area contributed by atoms with Gasteiger partial charge in [-0.2, -0.15) is 0 Å². The predicted octanol–water partition coefficient (Wildman–Crippen LogP) is 0.975. The fourth-order valence-corrected chi connectivity index (χ4v) is 1.53. The van der Waals surface area contributed by atoms with E-state index in [0.29, 0.717) is 6.42 Å². The number of carboxylic acids is 1. The highest BCUT2D eigenvalue weighted by Crippen LogP contribution is 2.09. The fourth-order valence-electron chi connectivity index (χ4n) is 0.956. The Balaban J connectivity index is 2.55. The molecule has 0 spiro atoms. The van der Waals surface area contributed by atoms with E-state index in [2.05, 4.69) is 4.98 Å². The molecule has 70 valence electrons. The topological polar surface area (TPSA) is 67.3 Å². The molecule has 1 N–H and O–H groups in total. The van der Waals surface area contributed by atoms with Gasteiger partial charge >= 0.3 is 5.97 Å². The molecule has 0 radical (unpaired) electrons. The van der Waals surface area contributed by atoms with E-state index >= 15 is 0 Å². The van der Waals surface area contributed by atoms with Crippen LogP contribution in [0.3, 0.4) is 0 Å². The number of thiazole rings is 1. The Kier molecular flexibility index (Phi) is 3.13. The van der Waals surface area contributed by atoms with Gasteiger partial charge in [0.05, 0.1) is 11.2 Å². The molecule has 1 aromatic rings. The number of carbonyl (C=O) groups excluding carboxylic acids is 1. The van der Waals surface area contributed by atoms with Gasteiger partial charge in [-0.15, -0.1) is 11.3 Å². The largest absolute Gasteiger partial charge is 0.475 e. The minimum Gasteiger partial charge on any atom is -0.475 e. The maximum atomic E-state index is 10.9. The van der Waals surface area contributed by atoms with Gasteiger partial charge in [-0.25, -0.2) is 9.78 Å². The van der Waals surface area contributed by atoms with Crippen molar-refractivity contribution in [3.63, 3.8) is 0 Å². The van der Waals surface area contributed by atoms with E-state index in [-0.39, 0.29) is 0 Å². The minimum atomic E-state index is -1.37. The first-order valence-electron chi connectivity index (χ1n) is 3.75. The van der Waals surface area contributed by atoms with Crippen molar-refractivity contribution in [1.29, 1.82) is 0 Å². The molecule has 1 rings (SSSR count). The molecule has 1 heterocycles. The minimum absolute atomic E-state index is 0.397. The van der Waals surface area contributed by atoms with E-state index in [0.717, 1.165) is 5.69 Å². The van der Waals surface area contributed by atoms with Gasteiger partial charge in [0.15, 0.2) is 0 Å². The molecule has 0 aliphatic rings. The molecule has 0 saturated carbocycles. The van der Waals surface area contributed by atoms with Crippen molar-refractivity contribution in [1.82, 2.24) is 4.98 Å². The highest BCUT2D eigenvalue weighted by atomic mass is 32.1. The third kappa shape index (κ3) is 2.62. The number of ketones is 1. The smallest absolute Gasteiger partial charge is 0.372 e. The summed E-state index contributed by atoms with van der Waals surface area (Å²) in [6.45, 7) is 1.59. The second-order valence-corrected chi connectivity index (χ2v) is 3.47. The highest BCUT2D eigenvalue weighted by molar-refractivity contribution is 7.07. The van der Waals surface area contributed by atoms with Gasteiger partial charge in [-0.3, -0.25) is 4.79 Å². The number of carboxylic acid groups (broad SMARTS) is 1. The van der Waals surface area contributed by atoms with Crippen LogP contribution in [-0.2, 0) is 16.0 Å². The molecule has 4 nitrogen and oxygen atoms in total. The number of hydrogen-bond donors (Lipinski definition) is 1. The lowest BCUT2D eigenvalue weighted by atomic mass is 10.0. The van der Waals surface area contributed by atoms with Gasteiger partial charge in [-0.05, 0) is 0 Å². The maximum absolute atomic E-state index is 10.9. The number of aromatic nitrogens is 1. The average molecular weight is 199 g/mol. The zero-order valence-electron chi connectivity index (χ0n) is 7.06. The Morgan fingerprint density at radius 2 is 2.38 bits per heavy atom. The van der Waals surface area contributed by atoms with Crippen LogP contribution >= 0.6 is 11.3 Å². The summed E-state index contributed by atoms with van der Waals surface area (Å²) in [7, 11) is 0. The Hall–Kier alpha value is -1.23. The summed E-state index contributed by atoms with van der Waals surface area (Å²) < 4.78 is 0. The average Bonchev–Trinajstić information content (AvgIpc) is 2.55. The van der Waals surface area contributed by atoms with Crippen LogP contribution in [-0.4, -0.2) is 21.8 Å². The predicted molar refractivity (Wildman–Crippen MR) is 47.6 cm³/mol. The molecule has 0 aliphatic carbocycles. The van der Waals surface area contributed by atoms with E-state index < -0.39 is 17.7 Å². The third-order valence-corrected chi connectivity index (χ3v) is 2.29. The lowest BCUT2D eigenvalue weighted by Gasteiger charge is -2.03. The van der Waals surface area contributed by atoms with Crippen molar-refractivity contribution in [2.75, 3.05) is 0 Å². The number of aliphatic carboxylic acids is 1. The normalized spacial score (nSPS) is 12.4. The van der Waals surface area contributed by atoms with Gasteiger partial charge in [-0.1, -0.05) is 6.92 Å².